The SMILES string of the molecule is C=CCCCCCC(NN)C1(OCC)CCCCCC1. The molecular formula is C17H34N2O. The predicted octanol–water partition coefficient (Wildman–Crippen LogP) is 4.08. The summed E-state index contributed by atoms with van der Waals surface area (Å²) in [6.45, 7) is 6.66. The van der Waals surface area contributed by atoms with Gasteiger partial charge in [-0.15, -0.1) is 6.58 Å². The number of unbranched alkanes of at least 4 members (excludes halogenated alkanes) is 3. The van der Waals surface area contributed by atoms with Gasteiger partial charge in [0.05, 0.1) is 11.6 Å². The second-order valence-corrected chi connectivity index (χ2v) is 6.06. The first-order valence-corrected chi connectivity index (χ1v) is 8.50. The second-order valence-electron chi connectivity index (χ2n) is 6.06. The van der Waals surface area contributed by atoms with Crippen LogP contribution in [0.2, 0.25) is 0 Å². The third kappa shape index (κ3) is 5.55. The second kappa shape index (κ2) is 10.4. The first-order chi connectivity index (χ1) is 9.79. The monoisotopic (exact) mass is 282 g/mol. The molecule has 0 heterocycles. The molecule has 20 heavy (non-hydrogen) atoms. The van der Waals surface area contributed by atoms with E-state index in [9.17, 15) is 0 Å². The maximum Gasteiger partial charge on any atom is 0.0848 e. The quantitative estimate of drug-likeness (QED) is 0.209. The van der Waals surface area contributed by atoms with Gasteiger partial charge in [0.15, 0.2) is 0 Å². The summed E-state index contributed by atoms with van der Waals surface area (Å²) in [6.07, 6.45) is 15.5. The first-order valence-electron chi connectivity index (χ1n) is 8.50. The third-order valence-corrected chi connectivity index (χ3v) is 4.62. The van der Waals surface area contributed by atoms with Gasteiger partial charge in [-0.25, -0.2) is 0 Å². The number of allylic oxidation sites excluding steroid dienone is 1. The van der Waals surface area contributed by atoms with Gasteiger partial charge in [-0.1, -0.05) is 44.6 Å². The Labute approximate surface area is 125 Å². The molecule has 0 bridgehead atoms. The van der Waals surface area contributed by atoms with E-state index in [0.29, 0.717) is 6.04 Å². The van der Waals surface area contributed by atoms with Crippen LogP contribution in [-0.2, 0) is 4.74 Å². The molecule has 0 radical (unpaired) electrons. The smallest absolute Gasteiger partial charge is 0.0848 e. The molecule has 0 spiro atoms. The van der Waals surface area contributed by atoms with Gasteiger partial charge in [0, 0.05) is 6.61 Å². The lowest BCUT2D eigenvalue weighted by Crippen LogP contribution is -2.54. The Morgan fingerprint density at radius 3 is 2.45 bits per heavy atom. The molecule has 0 aliphatic heterocycles. The topological polar surface area (TPSA) is 47.3 Å². The van der Waals surface area contributed by atoms with Crippen molar-refractivity contribution < 1.29 is 4.74 Å². The van der Waals surface area contributed by atoms with E-state index in [4.69, 9.17) is 10.6 Å². The van der Waals surface area contributed by atoms with Crippen LogP contribution in [-0.4, -0.2) is 18.2 Å². The van der Waals surface area contributed by atoms with Crippen LogP contribution in [0.4, 0.5) is 0 Å². The number of ether oxygens (including phenoxy) is 1. The number of rotatable bonds is 10. The van der Waals surface area contributed by atoms with Crippen LogP contribution in [0.5, 0.6) is 0 Å². The van der Waals surface area contributed by atoms with Crippen molar-refractivity contribution in [2.24, 2.45) is 5.84 Å². The summed E-state index contributed by atoms with van der Waals surface area (Å²) in [6, 6.07) is 0.296. The molecule has 0 aromatic heterocycles. The predicted molar refractivity (Wildman–Crippen MR) is 86.5 cm³/mol. The van der Waals surface area contributed by atoms with Crippen LogP contribution >= 0.6 is 0 Å². The molecule has 1 aliphatic rings. The molecule has 1 rings (SSSR count). The van der Waals surface area contributed by atoms with E-state index in [2.05, 4.69) is 18.9 Å². The largest absolute Gasteiger partial charge is 0.374 e. The minimum absolute atomic E-state index is 0.0293. The van der Waals surface area contributed by atoms with Crippen LogP contribution in [0.3, 0.4) is 0 Å². The molecule has 1 unspecified atom stereocenters. The number of hydrogen-bond donors (Lipinski definition) is 2. The third-order valence-electron chi connectivity index (χ3n) is 4.62. The van der Waals surface area contributed by atoms with Crippen molar-refractivity contribution >= 4 is 0 Å². The molecule has 3 heteroatoms. The lowest BCUT2D eigenvalue weighted by molar-refractivity contribution is -0.0790. The van der Waals surface area contributed by atoms with Crippen LogP contribution in [0.15, 0.2) is 12.7 Å². The molecule has 1 atom stereocenters. The maximum absolute atomic E-state index is 6.22. The Hall–Kier alpha value is -0.380. The van der Waals surface area contributed by atoms with Crippen molar-refractivity contribution in [1.82, 2.24) is 5.43 Å². The van der Waals surface area contributed by atoms with Gasteiger partial charge in [0.25, 0.3) is 0 Å². The van der Waals surface area contributed by atoms with Gasteiger partial charge in [0.1, 0.15) is 0 Å². The molecular weight excluding hydrogens is 248 g/mol. The molecule has 1 aliphatic carbocycles. The van der Waals surface area contributed by atoms with Crippen molar-refractivity contribution in [2.75, 3.05) is 6.61 Å². The standard InChI is InChI=1S/C17H34N2O/c1-3-5-6-7-10-13-16(19-18)17(20-4-2)14-11-8-9-12-15-17/h3,16,19H,1,4-15,18H2,2H3. The Morgan fingerprint density at radius 1 is 1.20 bits per heavy atom. The van der Waals surface area contributed by atoms with E-state index < -0.39 is 0 Å². The summed E-state index contributed by atoms with van der Waals surface area (Å²) < 4.78 is 6.22. The summed E-state index contributed by atoms with van der Waals surface area (Å²) in [5.74, 6) is 5.86. The van der Waals surface area contributed by atoms with Crippen LogP contribution in [0, 0.1) is 0 Å². The van der Waals surface area contributed by atoms with E-state index in [1.54, 1.807) is 0 Å². The molecule has 118 valence electrons. The Kier molecular flexibility index (Phi) is 9.16. The average molecular weight is 282 g/mol. The summed E-state index contributed by atoms with van der Waals surface area (Å²) in [4.78, 5) is 0. The Morgan fingerprint density at radius 2 is 1.90 bits per heavy atom. The van der Waals surface area contributed by atoms with Crippen LogP contribution in [0.1, 0.15) is 77.6 Å². The Bertz CT molecular complexity index is 247. The maximum atomic E-state index is 6.22. The van der Waals surface area contributed by atoms with Crippen molar-refractivity contribution in [3.63, 3.8) is 0 Å². The molecule has 0 saturated heterocycles. The highest BCUT2D eigenvalue weighted by Gasteiger charge is 2.38. The molecule has 1 fully saturated rings. The van der Waals surface area contributed by atoms with Crippen molar-refractivity contribution in [3.05, 3.63) is 12.7 Å². The summed E-state index contributed by atoms with van der Waals surface area (Å²) in [5, 5.41) is 0. The van der Waals surface area contributed by atoms with Crippen molar-refractivity contribution in [1.29, 1.82) is 0 Å². The van der Waals surface area contributed by atoms with E-state index in [1.807, 2.05) is 6.08 Å². The molecule has 0 amide bonds. The zero-order valence-electron chi connectivity index (χ0n) is 13.3. The highest BCUT2D eigenvalue weighted by Crippen LogP contribution is 2.35. The van der Waals surface area contributed by atoms with Crippen LogP contribution < -0.4 is 11.3 Å². The summed E-state index contributed by atoms with van der Waals surface area (Å²) in [5.41, 5.74) is 3.04. The van der Waals surface area contributed by atoms with Gasteiger partial charge < -0.3 is 4.74 Å². The highest BCUT2D eigenvalue weighted by molar-refractivity contribution is 4.93. The normalized spacial score (nSPS) is 20.3. The van der Waals surface area contributed by atoms with Gasteiger partial charge in [-0.3, -0.25) is 11.3 Å². The Balaban J connectivity index is 2.53. The first kappa shape index (κ1) is 17.7. The van der Waals surface area contributed by atoms with E-state index >= 15 is 0 Å². The van der Waals surface area contributed by atoms with Crippen LogP contribution in [0.25, 0.3) is 0 Å². The summed E-state index contributed by atoms with van der Waals surface area (Å²) >= 11 is 0. The summed E-state index contributed by atoms with van der Waals surface area (Å²) in [7, 11) is 0. The fraction of sp³-hybridized carbons (Fsp3) is 0.882. The minimum Gasteiger partial charge on any atom is -0.374 e. The zero-order chi connectivity index (χ0) is 14.7. The van der Waals surface area contributed by atoms with Gasteiger partial charge in [-0.05, 0) is 39.0 Å². The van der Waals surface area contributed by atoms with E-state index in [1.165, 1.54) is 44.9 Å². The molecule has 0 aromatic carbocycles. The van der Waals surface area contributed by atoms with Gasteiger partial charge in [-0.2, -0.15) is 0 Å². The fourth-order valence-corrected chi connectivity index (χ4v) is 3.52. The minimum atomic E-state index is -0.0293. The number of hydrazine groups is 1. The van der Waals surface area contributed by atoms with Gasteiger partial charge in [0.2, 0.25) is 0 Å². The van der Waals surface area contributed by atoms with E-state index in [-0.39, 0.29) is 5.60 Å². The van der Waals surface area contributed by atoms with E-state index in [0.717, 1.165) is 32.3 Å². The van der Waals surface area contributed by atoms with Crippen molar-refractivity contribution in [2.45, 2.75) is 89.2 Å². The molecule has 1 saturated carbocycles. The number of nitrogens with one attached hydrogen (secondary N) is 1. The zero-order valence-corrected chi connectivity index (χ0v) is 13.3. The molecule has 3 N–H and O–H groups in total. The highest BCUT2D eigenvalue weighted by atomic mass is 16.5. The molecule has 0 aromatic rings. The lowest BCUT2D eigenvalue weighted by atomic mass is 9.83. The number of hydrogen-bond acceptors (Lipinski definition) is 3. The van der Waals surface area contributed by atoms with Gasteiger partial charge >= 0.3 is 0 Å². The fourth-order valence-electron chi connectivity index (χ4n) is 3.52. The lowest BCUT2D eigenvalue weighted by Gasteiger charge is -2.40. The number of nitrogens with two attached hydrogens (primary N) is 1. The van der Waals surface area contributed by atoms with Crippen molar-refractivity contribution in [3.8, 4) is 0 Å². The molecule has 3 nitrogen and oxygen atoms in total. The average Bonchev–Trinajstić information content (AvgIpc) is 2.70.